The zero-order valence-corrected chi connectivity index (χ0v) is 7.90. The number of hydrogen-bond donors (Lipinski definition) is 1. The number of benzene rings is 1. The van der Waals surface area contributed by atoms with Gasteiger partial charge in [0.05, 0.1) is 4.92 Å². The van der Waals surface area contributed by atoms with Gasteiger partial charge in [-0.1, -0.05) is 0 Å². The number of carbonyl (C=O) groups is 1. The van der Waals surface area contributed by atoms with Crippen LogP contribution in [0.25, 0.3) is 0 Å². The molecule has 5 heteroatoms. The number of nitrogens with zero attached hydrogens (tertiary/aromatic N) is 1. The molecular weight excluding hydrogens is 184 g/mol. The van der Waals surface area contributed by atoms with Crippen LogP contribution in [-0.2, 0) is 0 Å². The van der Waals surface area contributed by atoms with Crippen molar-refractivity contribution >= 4 is 17.2 Å². The lowest BCUT2D eigenvalue weighted by atomic mass is 10.1. The van der Waals surface area contributed by atoms with Crippen molar-refractivity contribution in [1.82, 2.24) is 0 Å². The molecule has 14 heavy (non-hydrogen) atoms. The van der Waals surface area contributed by atoms with Crippen molar-refractivity contribution < 1.29 is 9.72 Å². The number of Topliss-reactive ketones (excluding diaryl/α,β-unsaturated/α-hetero) is 1. The first-order valence-electron chi connectivity index (χ1n) is 4.03. The van der Waals surface area contributed by atoms with Crippen LogP contribution in [0.3, 0.4) is 0 Å². The molecule has 0 atom stereocenters. The maximum Gasteiger partial charge on any atom is 0.293 e. The van der Waals surface area contributed by atoms with Gasteiger partial charge < -0.3 is 5.32 Å². The van der Waals surface area contributed by atoms with Crippen LogP contribution in [0.1, 0.15) is 17.3 Å². The van der Waals surface area contributed by atoms with Crippen LogP contribution >= 0.6 is 0 Å². The molecule has 1 N–H and O–H groups in total. The lowest BCUT2D eigenvalue weighted by Gasteiger charge is -2.02. The summed E-state index contributed by atoms with van der Waals surface area (Å²) in [5.74, 6) is -0.184. The summed E-state index contributed by atoms with van der Waals surface area (Å²) in [6, 6.07) is 4.35. The minimum absolute atomic E-state index is 0.0831. The van der Waals surface area contributed by atoms with E-state index in [0.717, 1.165) is 0 Å². The van der Waals surface area contributed by atoms with Crippen LogP contribution in [-0.4, -0.2) is 17.8 Å². The summed E-state index contributed by atoms with van der Waals surface area (Å²) in [5.41, 5.74) is 0.663. The van der Waals surface area contributed by atoms with Crippen molar-refractivity contribution in [3.63, 3.8) is 0 Å². The van der Waals surface area contributed by atoms with E-state index in [9.17, 15) is 14.9 Å². The summed E-state index contributed by atoms with van der Waals surface area (Å²) >= 11 is 0. The molecule has 0 unspecified atom stereocenters. The van der Waals surface area contributed by atoms with Crippen LogP contribution in [0.5, 0.6) is 0 Å². The Morgan fingerprint density at radius 3 is 2.57 bits per heavy atom. The molecule has 0 fully saturated rings. The van der Waals surface area contributed by atoms with Crippen LogP contribution < -0.4 is 5.32 Å². The van der Waals surface area contributed by atoms with E-state index in [1.54, 1.807) is 13.1 Å². The Morgan fingerprint density at radius 2 is 2.14 bits per heavy atom. The fourth-order valence-electron chi connectivity index (χ4n) is 1.11. The van der Waals surface area contributed by atoms with Gasteiger partial charge >= 0.3 is 0 Å². The highest BCUT2D eigenvalue weighted by atomic mass is 16.6. The van der Waals surface area contributed by atoms with E-state index in [-0.39, 0.29) is 11.5 Å². The molecule has 0 spiro atoms. The molecule has 1 aromatic carbocycles. The smallest absolute Gasteiger partial charge is 0.293 e. The highest BCUT2D eigenvalue weighted by Gasteiger charge is 2.14. The Bertz CT molecular complexity index is 388. The van der Waals surface area contributed by atoms with Crippen molar-refractivity contribution in [3.05, 3.63) is 33.9 Å². The predicted octanol–water partition coefficient (Wildman–Crippen LogP) is 1.84. The number of nitro benzene ring substituents is 1. The second-order valence-electron chi connectivity index (χ2n) is 2.80. The van der Waals surface area contributed by atoms with E-state index >= 15 is 0 Å². The van der Waals surface area contributed by atoms with E-state index in [1.807, 2.05) is 0 Å². The maximum atomic E-state index is 11.0. The molecule has 0 aliphatic rings. The van der Waals surface area contributed by atoms with Crippen molar-refractivity contribution in [1.29, 1.82) is 0 Å². The van der Waals surface area contributed by atoms with E-state index in [4.69, 9.17) is 0 Å². The van der Waals surface area contributed by atoms with Crippen LogP contribution in [0.4, 0.5) is 11.4 Å². The topological polar surface area (TPSA) is 72.2 Å². The summed E-state index contributed by atoms with van der Waals surface area (Å²) in [6.07, 6.45) is 0. The zero-order chi connectivity index (χ0) is 10.7. The van der Waals surface area contributed by atoms with Crippen LogP contribution in [0.15, 0.2) is 18.2 Å². The molecule has 0 aromatic heterocycles. The second-order valence-corrected chi connectivity index (χ2v) is 2.80. The fourth-order valence-corrected chi connectivity index (χ4v) is 1.11. The highest BCUT2D eigenvalue weighted by molar-refractivity contribution is 5.95. The minimum atomic E-state index is -0.516. The van der Waals surface area contributed by atoms with Crippen molar-refractivity contribution in [2.75, 3.05) is 12.4 Å². The van der Waals surface area contributed by atoms with E-state index in [1.165, 1.54) is 19.1 Å². The van der Waals surface area contributed by atoms with Gasteiger partial charge in [0.1, 0.15) is 5.69 Å². The Labute approximate surface area is 80.9 Å². The number of nitrogens with one attached hydrogen (secondary N) is 1. The van der Waals surface area contributed by atoms with Crippen molar-refractivity contribution in [3.8, 4) is 0 Å². The lowest BCUT2D eigenvalue weighted by Crippen LogP contribution is -1.99. The SMILES string of the molecule is CNc1ccc(C(C)=O)cc1[N+](=O)[O-]. The summed E-state index contributed by atoms with van der Waals surface area (Å²) in [6.45, 7) is 1.37. The van der Waals surface area contributed by atoms with E-state index < -0.39 is 4.92 Å². The fraction of sp³-hybridized carbons (Fsp3) is 0.222. The first-order valence-corrected chi connectivity index (χ1v) is 4.03. The van der Waals surface area contributed by atoms with Gasteiger partial charge in [0.15, 0.2) is 5.78 Å². The van der Waals surface area contributed by atoms with Crippen LogP contribution in [0.2, 0.25) is 0 Å². The first-order chi connectivity index (χ1) is 6.56. The summed E-state index contributed by atoms with van der Waals surface area (Å²) < 4.78 is 0. The molecule has 0 bridgehead atoms. The summed E-state index contributed by atoms with van der Waals surface area (Å²) in [7, 11) is 1.59. The maximum absolute atomic E-state index is 11.0. The summed E-state index contributed by atoms with van der Waals surface area (Å²) in [5, 5.41) is 13.3. The molecule has 0 radical (unpaired) electrons. The molecule has 5 nitrogen and oxygen atoms in total. The lowest BCUT2D eigenvalue weighted by molar-refractivity contribution is -0.384. The summed E-state index contributed by atoms with van der Waals surface area (Å²) in [4.78, 5) is 21.1. The normalized spacial score (nSPS) is 9.57. The third-order valence-electron chi connectivity index (χ3n) is 1.87. The molecule has 0 aliphatic heterocycles. The van der Waals surface area contributed by atoms with Gasteiger partial charge in [-0.15, -0.1) is 0 Å². The largest absolute Gasteiger partial charge is 0.383 e. The van der Waals surface area contributed by atoms with Gasteiger partial charge in [-0.25, -0.2) is 0 Å². The Kier molecular flexibility index (Phi) is 2.81. The minimum Gasteiger partial charge on any atom is -0.383 e. The Balaban J connectivity index is 3.27. The average molecular weight is 194 g/mol. The van der Waals surface area contributed by atoms with Crippen LogP contribution in [0, 0.1) is 10.1 Å². The molecule has 74 valence electrons. The number of carbonyl (C=O) groups excluding carboxylic acids is 1. The number of anilines is 1. The third kappa shape index (κ3) is 1.87. The van der Waals surface area contributed by atoms with E-state index in [2.05, 4.69) is 5.32 Å². The molecule has 1 aromatic rings. The molecule has 0 heterocycles. The monoisotopic (exact) mass is 194 g/mol. The van der Waals surface area contributed by atoms with E-state index in [0.29, 0.717) is 11.3 Å². The second kappa shape index (κ2) is 3.87. The van der Waals surface area contributed by atoms with Gasteiger partial charge in [0.25, 0.3) is 5.69 Å². The predicted molar refractivity (Wildman–Crippen MR) is 52.6 cm³/mol. The average Bonchev–Trinajstić information content (AvgIpc) is 2.16. The molecule has 0 aliphatic carbocycles. The molecule has 0 amide bonds. The number of hydrogen-bond acceptors (Lipinski definition) is 4. The Hall–Kier alpha value is -1.91. The van der Waals surface area contributed by atoms with Gasteiger partial charge in [-0.3, -0.25) is 14.9 Å². The van der Waals surface area contributed by atoms with Crippen molar-refractivity contribution in [2.45, 2.75) is 6.92 Å². The van der Waals surface area contributed by atoms with Gasteiger partial charge in [0.2, 0.25) is 0 Å². The standard InChI is InChI=1S/C9H10N2O3/c1-6(12)7-3-4-8(10-2)9(5-7)11(13)14/h3-5,10H,1-2H3. The number of rotatable bonds is 3. The van der Waals surface area contributed by atoms with Gasteiger partial charge in [-0.05, 0) is 19.1 Å². The first kappa shape index (κ1) is 10.2. The zero-order valence-electron chi connectivity index (χ0n) is 7.90. The number of ketones is 1. The molecular formula is C9H10N2O3. The highest BCUT2D eigenvalue weighted by Crippen LogP contribution is 2.24. The van der Waals surface area contributed by atoms with Gasteiger partial charge in [0, 0.05) is 18.7 Å². The molecule has 0 saturated carbocycles. The van der Waals surface area contributed by atoms with Gasteiger partial charge in [-0.2, -0.15) is 0 Å². The molecule has 1 rings (SSSR count). The Morgan fingerprint density at radius 1 is 1.50 bits per heavy atom. The quantitative estimate of drug-likeness (QED) is 0.452. The van der Waals surface area contributed by atoms with Crippen molar-refractivity contribution in [2.24, 2.45) is 0 Å². The number of nitro groups is 1. The molecule has 0 saturated heterocycles. The third-order valence-corrected chi connectivity index (χ3v) is 1.87.